The Morgan fingerprint density at radius 2 is 1.68 bits per heavy atom. The van der Waals surface area contributed by atoms with Crippen molar-refractivity contribution in [2.24, 2.45) is 0 Å². The van der Waals surface area contributed by atoms with Crippen molar-refractivity contribution in [3.63, 3.8) is 0 Å². The molecule has 1 N–H and O–H groups in total. The van der Waals surface area contributed by atoms with E-state index < -0.39 is 10.0 Å². The van der Waals surface area contributed by atoms with Gasteiger partial charge in [0.15, 0.2) is 5.16 Å². The highest BCUT2D eigenvalue weighted by Gasteiger charge is 2.24. The van der Waals surface area contributed by atoms with Gasteiger partial charge >= 0.3 is 0 Å². The van der Waals surface area contributed by atoms with Crippen molar-refractivity contribution >= 4 is 55.2 Å². The fourth-order valence-corrected chi connectivity index (χ4v) is 6.95. The second kappa shape index (κ2) is 11.7. The third-order valence-corrected chi connectivity index (χ3v) is 9.61. The second-order valence-corrected chi connectivity index (χ2v) is 11.9. The largest absolute Gasteiger partial charge is 0.495 e. The minimum atomic E-state index is -3.66. The van der Waals surface area contributed by atoms with Crippen LogP contribution in [0.1, 0.15) is 13.8 Å². The van der Waals surface area contributed by atoms with Gasteiger partial charge in [-0.2, -0.15) is 4.31 Å². The quantitative estimate of drug-likeness (QED) is 0.207. The topological polar surface area (TPSA) is 93.5 Å². The van der Waals surface area contributed by atoms with E-state index in [-0.39, 0.29) is 16.6 Å². The van der Waals surface area contributed by atoms with Gasteiger partial charge in [-0.15, -0.1) is 0 Å². The molecule has 10 heteroatoms. The van der Waals surface area contributed by atoms with Crippen LogP contribution in [0.3, 0.4) is 0 Å². The number of ether oxygens (including phenoxy) is 1. The van der Waals surface area contributed by atoms with Crippen LogP contribution in [0, 0.1) is 0 Å². The molecule has 0 atom stereocenters. The molecule has 5 rings (SSSR count). The molecule has 0 unspecified atom stereocenters. The van der Waals surface area contributed by atoms with Crippen LogP contribution in [0.15, 0.2) is 95.0 Å². The van der Waals surface area contributed by atoms with Crippen LogP contribution in [0.4, 0.5) is 5.69 Å². The summed E-state index contributed by atoms with van der Waals surface area (Å²) >= 11 is 1.27. The third kappa shape index (κ3) is 5.42. The van der Waals surface area contributed by atoms with Crippen LogP contribution in [0.5, 0.6) is 5.75 Å². The third-order valence-electron chi connectivity index (χ3n) is 6.63. The SMILES string of the molecule is CCN(CC)S(=O)(=O)c1ccc2c(c1)nc(SCC(=O)Nc1ccc3ccccc3c1)n2-c1ccccc1OC. The summed E-state index contributed by atoms with van der Waals surface area (Å²) in [4.78, 5) is 17.9. The van der Waals surface area contributed by atoms with Gasteiger partial charge in [0.25, 0.3) is 0 Å². The summed E-state index contributed by atoms with van der Waals surface area (Å²) in [5.74, 6) is 0.559. The molecule has 206 valence electrons. The number of aromatic nitrogens is 2. The predicted molar refractivity (Wildman–Crippen MR) is 161 cm³/mol. The first-order valence-electron chi connectivity index (χ1n) is 12.9. The molecule has 0 spiro atoms. The highest BCUT2D eigenvalue weighted by atomic mass is 32.2. The number of fused-ring (bicyclic) bond motifs is 2. The molecule has 1 heterocycles. The number of hydrogen-bond donors (Lipinski definition) is 1. The maximum absolute atomic E-state index is 13.2. The molecule has 0 saturated carbocycles. The van der Waals surface area contributed by atoms with Crippen molar-refractivity contribution in [1.82, 2.24) is 13.9 Å². The van der Waals surface area contributed by atoms with Crippen molar-refractivity contribution in [1.29, 1.82) is 0 Å². The molecule has 1 aromatic heterocycles. The van der Waals surface area contributed by atoms with E-state index in [0.29, 0.717) is 40.7 Å². The number of nitrogens with one attached hydrogen (secondary N) is 1. The summed E-state index contributed by atoms with van der Waals surface area (Å²) in [6.45, 7) is 4.38. The molecule has 0 aliphatic heterocycles. The number of amides is 1. The summed E-state index contributed by atoms with van der Waals surface area (Å²) in [6.07, 6.45) is 0. The fraction of sp³-hybridized carbons (Fsp3) is 0.200. The van der Waals surface area contributed by atoms with Crippen molar-refractivity contribution in [2.45, 2.75) is 23.9 Å². The van der Waals surface area contributed by atoms with Gasteiger partial charge in [0.05, 0.1) is 34.5 Å². The van der Waals surface area contributed by atoms with E-state index in [9.17, 15) is 13.2 Å². The van der Waals surface area contributed by atoms with Gasteiger partial charge in [-0.3, -0.25) is 9.36 Å². The lowest BCUT2D eigenvalue weighted by Gasteiger charge is -2.18. The van der Waals surface area contributed by atoms with Crippen molar-refractivity contribution < 1.29 is 17.9 Å². The number of para-hydroxylation sites is 2. The average Bonchev–Trinajstić information content (AvgIpc) is 3.34. The van der Waals surface area contributed by atoms with Crippen molar-refractivity contribution in [2.75, 3.05) is 31.3 Å². The average molecular weight is 575 g/mol. The molecule has 0 bridgehead atoms. The van der Waals surface area contributed by atoms with Gasteiger partial charge in [-0.25, -0.2) is 13.4 Å². The lowest BCUT2D eigenvalue weighted by atomic mass is 10.1. The maximum Gasteiger partial charge on any atom is 0.243 e. The number of benzene rings is 4. The van der Waals surface area contributed by atoms with Gasteiger partial charge in [-0.1, -0.05) is 68.1 Å². The van der Waals surface area contributed by atoms with Crippen LogP contribution < -0.4 is 10.1 Å². The van der Waals surface area contributed by atoms with Gasteiger partial charge < -0.3 is 10.1 Å². The minimum absolute atomic E-state index is 0.107. The Hall–Kier alpha value is -3.86. The molecular weight excluding hydrogens is 544 g/mol. The summed E-state index contributed by atoms with van der Waals surface area (Å²) in [7, 11) is -2.07. The summed E-state index contributed by atoms with van der Waals surface area (Å²) in [6, 6.07) is 26.2. The van der Waals surface area contributed by atoms with E-state index >= 15 is 0 Å². The molecule has 1 amide bonds. The van der Waals surface area contributed by atoms with Gasteiger partial charge in [0.2, 0.25) is 15.9 Å². The van der Waals surface area contributed by atoms with E-state index in [4.69, 9.17) is 9.72 Å². The van der Waals surface area contributed by atoms with E-state index in [2.05, 4.69) is 5.32 Å². The monoisotopic (exact) mass is 574 g/mol. The highest BCUT2D eigenvalue weighted by molar-refractivity contribution is 7.99. The Bertz CT molecular complexity index is 1800. The number of imidazole rings is 1. The van der Waals surface area contributed by atoms with Gasteiger partial charge in [0.1, 0.15) is 5.75 Å². The maximum atomic E-state index is 13.2. The van der Waals surface area contributed by atoms with E-state index in [1.54, 1.807) is 25.3 Å². The molecular formula is C30H30N4O4S2. The number of anilines is 1. The number of carbonyl (C=O) groups excluding carboxylic acids is 1. The first-order chi connectivity index (χ1) is 19.3. The second-order valence-electron chi connectivity index (χ2n) is 9.04. The number of hydrogen-bond acceptors (Lipinski definition) is 6. The van der Waals surface area contributed by atoms with Crippen LogP contribution in [-0.2, 0) is 14.8 Å². The van der Waals surface area contributed by atoms with E-state index in [1.807, 2.05) is 85.1 Å². The Balaban J connectivity index is 1.49. The molecule has 5 aromatic rings. The van der Waals surface area contributed by atoms with Crippen molar-refractivity contribution in [3.05, 3.63) is 84.9 Å². The zero-order valence-electron chi connectivity index (χ0n) is 22.5. The van der Waals surface area contributed by atoms with Crippen LogP contribution in [0.2, 0.25) is 0 Å². The molecule has 4 aromatic carbocycles. The first-order valence-corrected chi connectivity index (χ1v) is 15.4. The van der Waals surface area contributed by atoms with Gasteiger partial charge in [-0.05, 0) is 53.2 Å². The molecule has 0 aliphatic carbocycles. The smallest absolute Gasteiger partial charge is 0.243 e. The van der Waals surface area contributed by atoms with Gasteiger partial charge in [0, 0.05) is 18.8 Å². The van der Waals surface area contributed by atoms with Crippen LogP contribution >= 0.6 is 11.8 Å². The number of methoxy groups -OCH3 is 1. The first kappa shape index (κ1) is 27.7. The van der Waals surface area contributed by atoms with Crippen LogP contribution in [-0.4, -0.2) is 54.1 Å². The van der Waals surface area contributed by atoms with E-state index in [0.717, 1.165) is 16.5 Å². The summed E-state index contributed by atoms with van der Waals surface area (Å²) in [5.41, 5.74) is 2.68. The normalized spacial score (nSPS) is 11.8. The lowest BCUT2D eigenvalue weighted by molar-refractivity contribution is -0.113. The van der Waals surface area contributed by atoms with Crippen molar-refractivity contribution in [3.8, 4) is 11.4 Å². The highest BCUT2D eigenvalue weighted by Crippen LogP contribution is 2.34. The molecule has 8 nitrogen and oxygen atoms in total. The number of carbonyl (C=O) groups is 1. The number of rotatable bonds is 10. The zero-order valence-corrected chi connectivity index (χ0v) is 24.1. The number of sulfonamides is 1. The standard InChI is InChI=1S/C30H30N4O4S2/c1-4-33(5-2)40(36,37)24-16-17-26-25(19-24)32-30(34(26)27-12-8-9-13-28(27)38-3)39-20-29(35)31-23-15-14-21-10-6-7-11-22(21)18-23/h6-19H,4-5,20H2,1-3H3,(H,31,35). The molecule has 40 heavy (non-hydrogen) atoms. The Morgan fingerprint density at radius 3 is 2.42 bits per heavy atom. The molecule has 0 saturated heterocycles. The number of nitrogens with zero attached hydrogens (tertiary/aromatic N) is 3. The summed E-state index contributed by atoms with van der Waals surface area (Å²) in [5, 5.41) is 5.66. The molecule has 0 aliphatic rings. The summed E-state index contributed by atoms with van der Waals surface area (Å²) < 4.78 is 35.3. The fourth-order valence-electron chi connectivity index (χ4n) is 4.65. The zero-order chi connectivity index (χ0) is 28.3. The Kier molecular flexibility index (Phi) is 8.11. The minimum Gasteiger partial charge on any atom is -0.495 e. The van der Waals surface area contributed by atoms with E-state index in [1.165, 1.54) is 16.1 Å². The number of thioether (sulfide) groups is 1. The Morgan fingerprint density at radius 1 is 0.950 bits per heavy atom. The predicted octanol–water partition coefficient (Wildman–Crippen LogP) is 5.95. The van der Waals surface area contributed by atoms with Crippen LogP contribution in [0.25, 0.3) is 27.5 Å². The molecule has 0 fully saturated rings. The molecule has 0 radical (unpaired) electrons. The Labute approximate surface area is 238 Å². The lowest BCUT2D eigenvalue weighted by Crippen LogP contribution is -2.30.